The van der Waals surface area contributed by atoms with E-state index in [4.69, 9.17) is 20.5 Å². The second-order valence-corrected chi connectivity index (χ2v) is 12.6. The monoisotopic (exact) mass is 600 g/mol. The molecule has 0 saturated carbocycles. The van der Waals surface area contributed by atoms with Crippen molar-refractivity contribution < 1.29 is 40.8 Å². The van der Waals surface area contributed by atoms with Gasteiger partial charge in [0.25, 0.3) is 16.0 Å². The zero-order valence-corrected chi connectivity index (χ0v) is 23.4. The van der Waals surface area contributed by atoms with Crippen LogP contribution in [0.4, 0.5) is 19.4 Å². The van der Waals surface area contributed by atoms with E-state index < -0.39 is 51.4 Å². The number of hydrogen-bond acceptors (Lipinski definition) is 8. The number of hydrogen-bond donors (Lipinski definition) is 1. The van der Waals surface area contributed by atoms with Gasteiger partial charge in [-0.05, 0) is 32.4 Å². The molecular weight excluding hydrogens is 574 g/mol. The molecule has 15 heteroatoms. The van der Waals surface area contributed by atoms with E-state index in [0.717, 1.165) is 12.3 Å². The highest BCUT2D eigenvalue weighted by molar-refractivity contribution is 7.86. The Balaban J connectivity index is 1.69. The number of carbonyl (C=O) groups is 2. The lowest BCUT2D eigenvalue weighted by Crippen LogP contribution is -2.57. The molecule has 4 heterocycles. The standard InChI is InChI=1S/C25H27ClF2N4O7S/c1-25(2)9-14(39-40(3,36)37)11-32(25)22-17-21(18(26)20(29-22)15-5-4-6-16(27)19(15)28)38-12-13-10-30(24(34)35)7-8-31(13)23(17)33/h4-6,13-14H,7-12H2,1-3H3,(H,34,35)/t13-,14?/m1/s1. The molecule has 2 saturated heterocycles. The third kappa shape index (κ3) is 5.03. The minimum atomic E-state index is -3.81. The van der Waals surface area contributed by atoms with Crippen LogP contribution in [-0.4, -0.2) is 97.0 Å². The van der Waals surface area contributed by atoms with E-state index in [0.29, 0.717) is 0 Å². The summed E-state index contributed by atoms with van der Waals surface area (Å²) < 4.78 is 64.2. The Kier molecular flexibility index (Phi) is 7.07. The van der Waals surface area contributed by atoms with Crippen LogP contribution < -0.4 is 9.64 Å². The Morgan fingerprint density at radius 1 is 1.25 bits per heavy atom. The fourth-order valence-electron chi connectivity index (χ4n) is 5.55. The largest absolute Gasteiger partial charge is 0.489 e. The topological polar surface area (TPSA) is 130 Å². The summed E-state index contributed by atoms with van der Waals surface area (Å²) in [6.07, 6.45) is -0.721. The Morgan fingerprint density at radius 3 is 2.65 bits per heavy atom. The van der Waals surface area contributed by atoms with E-state index >= 15 is 0 Å². The summed E-state index contributed by atoms with van der Waals surface area (Å²) in [7, 11) is -3.81. The number of carboxylic acid groups (broad SMARTS) is 1. The fourth-order valence-corrected chi connectivity index (χ4v) is 6.46. The van der Waals surface area contributed by atoms with Crippen molar-refractivity contribution in [2.45, 2.75) is 38.0 Å². The number of nitrogens with zero attached hydrogens (tertiary/aromatic N) is 4. The third-order valence-corrected chi connectivity index (χ3v) is 8.31. The quantitative estimate of drug-likeness (QED) is 0.526. The van der Waals surface area contributed by atoms with Gasteiger partial charge >= 0.3 is 6.09 Å². The number of halogens is 3. The number of amides is 2. The number of fused-ring (bicyclic) bond motifs is 2. The van der Waals surface area contributed by atoms with E-state index in [1.807, 2.05) is 0 Å². The molecular formula is C25H27ClF2N4O7S. The summed E-state index contributed by atoms with van der Waals surface area (Å²) in [5.41, 5.74) is -1.26. The molecule has 216 valence electrons. The van der Waals surface area contributed by atoms with Gasteiger partial charge in [0.1, 0.15) is 23.0 Å². The van der Waals surface area contributed by atoms with E-state index in [1.54, 1.807) is 18.7 Å². The second kappa shape index (κ2) is 10.00. The zero-order chi connectivity index (χ0) is 29.1. The molecule has 1 unspecified atom stereocenters. The first-order chi connectivity index (χ1) is 18.7. The average Bonchev–Trinajstić information content (AvgIpc) is 3.06. The van der Waals surface area contributed by atoms with Gasteiger partial charge < -0.3 is 24.5 Å². The van der Waals surface area contributed by atoms with Crippen LogP contribution in [0.15, 0.2) is 18.2 Å². The van der Waals surface area contributed by atoms with Crippen LogP contribution in [0.1, 0.15) is 30.6 Å². The molecule has 3 aliphatic rings. The van der Waals surface area contributed by atoms with Crippen molar-refractivity contribution in [1.29, 1.82) is 0 Å². The van der Waals surface area contributed by atoms with Gasteiger partial charge in [-0.2, -0.15) is 8.42 Å². The van der Waals surface area contributed by atoms with E-state index in [9.17, 15) is 31.9 Å². The van der Waals surface area contributed by atoms with Crippen molar-refractivity contribution in [2.24, 2.45) is 0 Å². The highest BCUT2D eigenvalue weighted by Gasteiger charge is 2.46. The smallest absolute Gasteiger partial charge is 0.407 e. The second-order valence-electron chi connectivity index (χ2n) is 10.6. The number of anilines is 1. The van der Waals surface area contributed by atoms with Crippen molar-refractivity contribution in [1.82, 2.24) is 14.8 Å². The van der Waals surface area contributed by atoms with Crippen LogP contribution in [0.3, 0.4) is 0 Å². The number of piperazine rings is 1. The highest BCUT2D eigenvalue weighted by atomic mass is 35.5. The van der Waals surface area contributed by atoms with Gasteiger partial charge in [-0.25, -0.2) is 18.6 Å². The Hall–Kier alpha value is -3.23. The maximum Gasteiger partial charge on any atom is 0.407 e. The first-order valence-corrected chi connectivity index (χ1v) is 14.6. The van der Waals surface area contributed by atoms with Gasteiger partial charge in [0.15, 0.2) is 17.4 Å². The summed E-state index contributed by atoms with van der Waals surface area (Å²) in [6.45, 7) is 3.67. The van der Waals surface area contributed by atoms with Crippen LogP contribution in [0.5, 0.6) is 5.75 Å². The predicted molar refractivity (Wildman–Crippen MR) is 140 cm³/mol. The molecule has 2 amide bonds. The molecule has 2 aromatic rings. The van der Waals surface area contributed by atoms with E-state index in [1.165, 1.54) is 21.9 Å². The number of rotatable bonds is 4. The lowest BCUT2D eigenvalue weighted by Gasteiger charge is -2.39. The summed E-state index contributed by atoms with van der Waals surface area (Å²) in [5.74, 6) is -2.92. The Labute approximate surface area is 234 Å². The van der Waals surface area contributed by atoms with Crippen molar-refractivity contribution in [3.8, 4) is 17.0 Å². The minimum absolute atomic E-state index is 0.000303. The first kappa shape index (κ1) is 28.3. The molecule has 0 radical (unpaired) electrons. The van der Waals surface area contributed by atoms with E-state index in [2.05, 4.69) is 4.98 Å². The van der Waals surface area contributed by atoms with Gasteiger partial charge in [0.2, 0.25) is 0 Å². The van der Waals surface area contributed by atoms with Crippen molar-refractivity contribution in [3.05, 3.63) is 40.4 Å². The molecule has 0 bridgehead atoms. The van der Waals surface area contributed by atoms with Gasteiger partial charge in [-0.15, -0.1) is 0 Å². The van der Waals surface area contributed by atoms with Gasteiger partial charge in [0, 0.05) is 37.3 Å². The average molecular weight is 601 g/mol. The van der Waals surface area contributed by atoms with Crippen LogP contribution in [-0.2, 0) is 14.3 Å². The van der Waals surface area contributed by atoms with E-state index in [-0.39, 0.29) is 72.6 Å². The lowest BCUT2D eigenvalue weighted by molar-refractivity contribution is 0.0390. The molecule has 40 heavy (non-hydrogen) atoms. The summed E-state index contributed by atoms with van der Waals surface area (Å²) >= 11 is 6.69. The Bertz CT molecular complexity index is 1510. The zero-order valence-electron chi connectivity index (χ0n) is 21.9. The lowest BCUT2D eigenvalue weighted by atomic mass is 10.00. The normalized spacial score (nSPS) is 22.4. The number of pyridine rings is 1. The van der Waals surface area contributed by atoms with Crippen LogP contribution in [0.25, 0.3) is 11.3 Å². The van der Waals surface area contributed by atoms with Crippen molar-refractivity contribution in [3.63, 3.8) is 0 Å². The number of carbonyl (C=O) groups excluding carboxylic acids is 1. The van der Waals surface area contributed by atoms with Gasteiger partial charge in [-0.3, -0.25) is 8.98 Å². The number of aromatic nitrogens is 1. The molecule has 2 fully saturated rings. The first-order valence-electron chi connectivity index (χ1n) is 12.4. The van der Waals surface area contributed by atoms with Crippen molar-refractivity contribution >= 4 is 39.5 Å². The maximum atomic E-state index is 15.0. The molecule has 1 N–H and O–H groups in total. The van der Waals surface area contributed by atoms with Crippen LogP contribution in [0, 0.1) is 11.6 Å². The fraction of sp³-hybridized carbons (Fsp3) is 0.480. The SMILES string of the molecule is CC1(C)CC(OS(C)(=O)=O)CN1c1nc(-c2cccc(F)c2F)c(Cl)c2c1C(=O)N1CCN(C(=O)O)C[C@@H]1CO2. The highest BCUT2D eigenvalue weighted by Crippen LogP contribution is 2.47. The molecule has 0 spiro atoms. The van der Waals surface area contributed by atoms with Crippen LogP contribution >= 0.6 is 11.6 Å². The molecule has 11 nitrogen and oxygen atoms in total. The third-order valence-electron chi connectivity index (χ3n) is 7.34. The molecule has 1 aromatic carbocycles. The molecule has 3 aliphatic heterocycles. The summed E-state index contributed by atoms with van der Waals surface area (Å²) in [6, 6.07) is 2.88. The molecule has 0 aliphatic carbocycles. The van der Waals surface area contributed by atoms with Crippen LogP contribution in [0.2, 0.25) is 5.02 Å². The molecule has 2 atom stereocenters. The minimum Gasteiger partial charge on any atom is -0.489 e. The molecule has 5 rings (SSSR count). The van der Waals surface area contributed by atoms with Gasteiger partial charge in [-0.1, -0.05) is 17.7 Å². The Morgan fingerprint density at radius 2 is 1.98 bits per heavy atom. The predicted octanol–water partition coefficient (Wildman–Crippen LogP) is 3.21. The number of benzene rings is 1. The van der Waals surface area contributed by atoms with Crippen molar-refractivity contribution in [2.75, 3.05) is 43.9 Å². The summed E-state index contributed by atoms with van der Waals surface area (Å²) in [5, 5.41) is 9.25. The molecule has 1 aromatic heterocycles. The number of ether oxygens (including phenoxy) is 1. The maximum absolute atomic E-state index is 15.0. The van der Waals surface area contributed by atoms with Gasteiger partial charge in [0.05, 0.1) is 24.1 Å². The summed E-state index contributed by atoms with van der Waals surface area (Å²) in [4.78, 5) is 34.6.